The Balaban J connectivity index is 1.50. The van der Waals surface area contributed by atoms with Gasteiger partial charge in [0.1, 0.15) is 0 Å². The van der Waals surface area contributed by atoms with Gasteiger partial charge in [0, 0.05) is 48.7 Å². The fourth-order valence-electron chi connectivity index (χ4n) is 8.91. The molecule has 0 fully saturated rings. The molecule has 9 rings (SSSR count). The molecule has 0 bridgehead atoms. The van der Waals surface area contributed by atoms with Gasteiger partial charge in [-0.25, -0.2) is 0 Å². The minimum Gasteiger partial charge on any atom is -0.345 e. The Kier molecular flexibility index (Phi) is 4.37. The van der Waals surface area contributed by atoms with Crippen LogP contribution in [0.1, 0.15) is 47.9 Å². The number of hydrogen-bond acceptors (Lipinski definition) is 2. The highest BCUT2D eigenvalue weighted by atomic mass is 15.2. The van der Waals surface area contributed by atoms with E-state index in [1.807, 2.05) is 0 Å². The molecule has 0 radical (unpaired) electrons. The fraction of sp³-hybridized carbons (Fsp3) is 0.167. The number of hydrogen-bond donors (Lipinski definition) is 0. The molecular formula is C36H30B2N2. The van der Waals surface area contributed by atoms with Crippen LogP contribution in [0.5, 0.6) is 0 Å². The fourth-order valence-corrected chi connectivity index (χ4v) is 8.91. The van der Waals surface area contributed by atoms with Gasteiger partial charge >= 0.3 is 0 Å². The second-order valence-electron chi connectivity index (χ2n) is 12.2. The summed E-state index contributed by atoms with van der Waals surface area (Å²) in [6.07, 6.45) is 0. The van der Waals surface area contributed by atoms with Gasteiger partial charge in [0.25, 0.3) is 6.71 Å². The third-order valence-corrected chi connectivity index (χ3v) is 10.5. The summed E-state index contributed by atoms with van der Waals surface area (Å²) in [5.74, 6) is 0.629. The summed E-state index contributed by atoms with van der Waals surface area (Å²) in [7, 11) is 4.60. The van der Waals surface area contributed by atoms with Gasteiger partial charge in [0.2, 0.25) is 6.71 Å². The van der Waals surface area contributed by atoms with Gasteiger partial charge in [0.15, 0.2) is 0 Å². The van der Waals surface area contributed by atoms with Gasteiger partial charge in [-0.05, 0) is 50.8 Å². The topological polar surface area (TPSA) is 6.48 Å². The molecule has 5 aromatic carbocycles. The maximum atomic E-state index is 2.52. The first-order valence-electron chi connectivity index (χ1n) is 14.6. The molecular weight excluding hydrogens is 482 g/mol. The first-order chi connectivity index (χ1) is 19.6. The molecule has 0 amide bonds. The lowest BCUT2D eigenvalue weighted by Crippen LogP contribution is -2.67. The Morgan fingerprint density at radius 1 is 0.475 bits per heavy atom. The van der Waals surface area contributed by atoms with Crippen molar-refractivity contribution in [2.75, 3.05) is 23.9 Å². The molecule has 2 atom stereocenters. The van der Waals surface area contributed by atoms with Crippen LogP contribution in [0, 0.1) is 0 Å². The largest absolute Gasteiger partial charge is 0.345 e. The second kappa shape index (κ2) is 7.73. The lowest BCUT2D eigenvalue weighted by Gasteiger charge is -2.49. The third kappa shape index (κ3) is 2.54. The van der Waals surface area contributed by atoms with E-state index in [2.05, 4.69) is 135 Å². The summed E-state index contributed by atoms with van der Waals surface area (Å²) < 4.78 is 0. The van der Waals surface area contributed by atoms with E-state index < -0.39 is 0 Å². The predicted molar refractivity (Wildman–Crippen MR) is 173 cm³/mol. The Labute approximate surface area is 237 Å². The number of para-hydroxylation sites is 2. The van der Waals surface area contributed by atoms with Gasteiger partial charge in [0.05, 0.1) is 0 Å². The quantitative estimate of drug-likeness (QED) is 0.292. The minimum absolute atomic E-state index is 0.221. The summed E-state index contributed by atoms with van der Waals surface area (Å²) in [5, 5.41) is 0. The van der Waals surface area contributed by atoms with Crippen LogP contribution in [0.25, 0.3) is 0 Å². The van der Waals surface area contributed by atoms with E-state index in [4.69, 9.17) is 0 Å². The molecule has 4 heteroatoms. The SMILES string of the molecule is CC1c2ccccc2B2c3ccccc3C(C)c3c2c1c1c2c3N(C)c3ccccc3B2c2ccccc2N1C. The summed E-state index contributed by atoms with van der Waals surface area (Å²) in [4.78, 5) is 5.05. The van der Waals surface area contributed by atoms with Crippen molar-refractivity contribution in [2.45, 2.75) is 25.7 Å². The second-order valence-corrected chi connectivity index (χ2v) is 12.2. The summed E-state index contributed by atoms with van der Waals surface area (Å²) in [5.41, 5.74) is 20.4. The van der Waals surface area contributed by atoms with Crippen molar-refractivity contribution in [3.8, 4) is 0 Å². The average Bonchev–Trinajstić information content (AvgIpc) is 3.00. The van der Waals surface area contributed by atoms with Crippen LogP contribution in [0.2, 0.25) is 0 Å². The Morgan fingerprint density at radius 2 is 0.850 bits per heavy atom. The van der Waals surface area contributed by atoms with Crippen LogP contribution in [-0.2, 0) is 0 Å². The van der Waals surface area contributed by atoms with Crippen LogP contribution in [0.4, 0.5) is 22.7 Å². The predicted octanol–water partition coefficient (Wildman–Crippen LogP) is 3.81. The molecule has 4 aliphatic rings. The molecule has 40 heavy (non-hydrogen) atoms. The Morgan fingerprint density at radius 3 is 1.32 bits per heavy atom. The van der Waals surface area contributed by atoms with E-state index in [0.29, 0.717) is 11.8 Å². The van der Waals surface area contributed by atoms with Crippen molar-refractivity contribution >= 4 is 69.0 Å². The van der Waals surface area contributed by atoms with E-state index in [-0.39, 0.29) is 13.4 Å². The van der Waals surface area contributed by atoms with Crippen LogP contribution < -0.4 is 42.6 Å². The molecule has 0 aliphatic carbocycles. The molecule has 4 aliphatic heterocycles. The molecule has 2 nitrogen and oxygen atoms in total. The molecule has 0 N–H and O–H groups in total. The number of fused-ring (bicyclic) bond motifs is 10. The van der Waals surface area contributed by atoms with Gasteiger partial charge in [-0.2, -0.15) is 0 Å². The molecule has 0 saturated heterocycles. The normalized spacial score (nSPS) is 18.8. The van der Waals surface area contributed by atoms with E-state index >= 15 is 0 Å². The number of anilines is 4. The Bertz CT molecular complexity index is 1640. The minimum atomic E-state index is 0.221. The van der Waals surface area contributed by atoms with Crippen molar-refractivity contribution in [3.63, 3.8) is 0 Å². The number of nitrogens with zero attached hydrogens (tertiary/aromatic N) is 2. The van der Waals surface area contributed by atoms with Crippen LogP contribution in [-0.4, -0.2) is 27.5 Å². The molecule has 190 valence electrons. The van der Waals surface area contributed by atoms with Crippen LogP contribution in [0.3, 0.4) is 0 Å². The highest BCUT2D eigenvalue weighted by Gasteiger charge is 2.50. The lowest BCUT2D eigenvalue weighted by molar-refractivity contribution is 0.886. The average molecular weight is 512 g/mol. The van der Waals surface area contributed by atoms with Crippen molar-refractivity contribution < 1.29 is 0 Å². The lowest BCUT2D eigenvalue weighted by atomic mass is 9.27. The molecule has 0 aromatic heterocycles. The molecule has 2 unspecified atom stereocenters. The zero-order valence-corrected chi connectivity index (χ0v) is 23.4. The number of rotatable bonds is 0. The number of benzene rings is 5. The van der Waals surface area contributed by atoms with E-state index in [9.17, 15) is 0 Å². The van der Waals surface area contributed by atoms with Crippen molar-refractivity contribution in [2.24, 2.45) is 0 Å². The molecule has 4 heterocycles. The van der Waals surface area contributed by atoms with E-state index in [1.54, 1.807) is 5.46 Å². The summed E-state index contributed by atoms with van der Waals surface area (Å²) >= 11 is 0. The zero-order valence-electron chi connectivity index (χ0n) is 23.4. The summed E-state index contributed by atoms with van der Waals surface area (Å²) in [6.45, 7) is 5.37. The van der Waals surface area contributed by atoms with Crippen LogP contribution in [0.15, 0.2) is 97.1 Å². The van der Waals surface area contributed by atoms with Gasteiger partial charge < -0.3 is 9.80 Å². The highest BCUT2D eigenvalue weighted by molar-refractivity contribution is 7.01. The van der Waals surface area contributed by atoms with Gasteiger partial charge in [-0.1, -0.05) is 115 Å². The third-order valence-electron chi connectivity index (χ3n) is 10.5. The summed E-state index contributed by atoms with van der Waals surface area (Å²) in [6, 6.07) is 36.7. The zero-order chi connectivity index (χ0) is 26.9. The van der Waals surface area contributed by atoms with E-state index in [0.717, 1.165) is 0 Å². The van der Waals surface area contributed by atoms with Crippen molar-refractivity contribution in [1.29, 1.82) is 0 Å². The van der Waals surface area contributed by atoms with Crippen molar-refractivity contribution in [3.05, 3.63) is 119 Å². The van der Waals surface area contributed by atoms with Crippen LogP contribution >= 0.6 is 0 Å². The van der Waals surface area contributed by atoms with Crippen molar-refractivity contribution in [1.82, 2.24) is 0 Å². The smallest absolute Gasteiger partial charge is 0.252 e. The molecule has 5 aromatic rings. The highest BCUT2D eigenvalue weighted by Crippen LogP contribution is 2.47. The first kappa shape index (κ1) is 22.6. The van der Waals surface area contributed by atoms with Gasteiger partial charge in [-0.3, -0.25) is 0 Å². The molecule has 0 spiro atoms. The maximum Gasteiger partial charge on any atom is 0.252 e. The Hall–Kier alpha value is -4.17. The van der Waals surface area contributed by atoms with Gasteiger partial charge in [-0.15, -0.1) is 0 Å². The standard InChI is InChI=1S/C36H30B2N2/c1-21-23-13-5-7-15-25(23)37-26-16-8-6-14-24(26)22(2)32-33(37)31(21)35-34-36(32)40(4)30-20-12-10-18-28(30)38(34)27-17-9-11-19-29(27)39(35)3/h5-22H,1-4H3. The van der Waals surface area contributed by atoms with E-state index in [1.165, 1.54) is 72.3 Å². The monoisotopic (exact) mass is 512 g/mol. The maximum absolute atomic E-state index is 2.52. The molecule has 0 saturated carbocycles. The first-order valence-corrected chi connectivity index (χ1v) is 14.6.